The lowest BCUT2D eigenvalue weighted by Gasteiger charge is -2.36. The number of carbonyl (C=O) groups excluding carboxylic acids is 2. The van der Waals surface area contributed by atoms with Gasteiger partial charge in [0.1, 0.15) is 0 Å². The lowest BCUT2D eigenvalue weighted by Crippen LogP contribution is -2.48. The number of likely N-dealkylation sites (tertiary alicyclic amines) is 1. The van der Waals surface area contributed by atoms with Gasteiger partial charge >= 0.3 is 0 Å². The molecule has 1 atom stereocenters. The molecule has 1 aromatic heterocycles. The highest BCUT2D eigenvalue weighted by Crippen LogP contribution is 2.29. The molecule has 2 fully saturated rings. The summed E-state index contributed by atoms with van der Waals surface area (Å²) in [5.74, 6) is 0.105. The Morgan fingerprint density at radius 3 is 2.70 bits per heavy atom. The molecule has 1 saturated carbocycles. The van der Waals surface area contributed by atoms with Crippen LogP contribution in [0.2, 0.25) is 0 Å². The smallest absolute Gasteiger partial charge is 0.229 e. The number of amides is 2. The van der Waals surface area contributed by atoms with Crippen molar-refractivity contribution in [2.24, 2.45) is 5.92 Å². The van der Waals surface area contributed by atoms with E-state index in [0.717, 1.165) is 18.5 Å². The molecule has 1 saturated heterocycles. The lowest BCUT2D eigenvalue weighted by atomic mass is 9.95. The van der Waals surface area contributed by atoms with Crippen molar-refractivity contribution in [3.05, 3.63) is 12.4 Å². The van der Waals surface area contributed by atoms with Gasteiger partial charge in [-0.05, 0) is 33.1 Å². The second kappa shape index (κ2) is 6.72. The van der Waals surface area contributed by atoms with E-state index >= 15 is 0 Å². The highest BCUT2D eigenvalue weighted by molar-refractivity contribution is 5.93. The van der Waals surface area contributed by atoms with Gasteiger partial charge in [-0.1, -0.05) is 12.8 Å². The van der Waals surface area contributed by atoms with E-state index in [4.69, 9.17) is 0 Å². The van der Waals surface area contributed by atoms with Crippen LogP contribution in [0.15, 0.2) is 12.4 Å². The number of aromatic nitrogens is 2. The van der Waals surface area contributed by atoms with E-state index in [2.05, 4.69) is 10.4 Å². The number of piperidine rings is 1. The third-order valence-corrected chi connectivity index (χ3v) is 4.98. The van der Waals surface area contributed by atoms with Crippen molar-refractivity contribution >= 4 is 17.5 Å². The Hall–Kier alpha value is -1.85. The van der Waals surface area contributed by atoms with Crippen molar-refractivity contribution in [1.29, 1.82) is 0 Å². The molecule has 0 radical (unpaired) electrons. The predicted octanol–water partition coefficient (Wildman–Crippen LogP) is 2.58. The molecule has 6 heteroatoms. The summed E-state index contributed by atoms with van der Waals surface area (Å²) >= 11 is 0. The Labute approximate surface area is 137 Å². The minimum Gasteiger partial charge on any atom is -0.339 e. The first-order chi connectivity index (χ1) is 11.0. The van der Waals surface area contributed by atoms with Crippen LogP contribution in [0, 0.1) is 5.92 Å². The summed E-state index contributed by atoms with van der Waals surface area (Å²) in [5.41, 5.74) is 0.730. The topological polar surface area (TPSA) is 67.2 Å². The highest BCUT2D eigenvalue weighted by Gasteiger charge is 2.35. The van der Waals surface area contributed by atoms with Crippen LogP contribution in [0.3, 0.4) is 0 Å². The summed E-state index contributed by atoms with van der Waals surface area (Å²) in [6.07, 6.45) is 9.22. The van der Waals surface area contributed by atoms with Gasteiger partial charge in [0.25, 0.3) is 0 Å². The highest BCUT2D eigenvalue weighted by atomic mass is 16.2. The molecule has 2 heterocycles. The molecule has 23 heavy (non-hydrogen) atoms. The minimum atomic E-state index is -0.115. The SMILES string of the molecule is CC(C)n1cc(NC(=O)C2CCC(=O)N(C3CCCC3)C2)cn1. The van der Waals surface area contributed by atoms with Gasteiger partial charge in [-0.15, -0.1) is 0 Å². The zero-order valence-corrected chi connectivity index (χ0v) is 14.0. The van der Waals surface area contributed by atoms with Crippen molar-refractivity contribution in [1.82, 2.24) is 14.7 Å². The number of hydrogen-bond donors (Lipinski definition) is 1. The lowest BCUT2D eigenvalue weighted by molar-refractivity contribution is -0.139. The summed E-state index contributed by atoms with van der Waals surface area (Å²) in [4.78, 5) is 26.7. The summed E-state index contributed by atoms with van der Waals surface area (Å²) in [6.45, 7) is 4.66. The molecule has 0 aromatic carbocycles. The maximum Gasteiger partial charge on any atom is 0.229 e. The zero-order chi connectivity index (χ0) is 16.4. The Balaban J connectivity index is 1.61. The maximum absolute atomic E-state index is 12.5. The molecular formula is C17H26N4O2. The van der Waals surface area contributed by atoms with Crippen LogP contribution in [0.1, 0.15) is 58.4 Å². The second-order valence-corrected chi connectivity index (χ2v) is 7.01. The molecule has 2 amide bonds. The molecule has 1 aliphatic carbocycles. The van der Waals surface area contributed by atoms with Crippen LogP contribution in [-0.4, -0.2) is 39.1 Å². The third kappa shape index (κ3) is 3.57. The predicted molar refractivity (Wildman–Crippen MR) is 87.9 cm³/mol. The van der Waals surface area contributed by atoms with E-state index < -0.39 is 0 Å². The van der Waals surface area contributed by atoms with Gasteiger partial charge in [0.2, 0.25) is 11.8 Å². The monoisotopic (exact) mass is 318 g/mol. The maximum atomic E-state index is 12.5. The summed E-state index contributed by atoms with van der Waals surface area (Å²) in [5, 5.41) is 7.19. The van der Waals surface area contributed by atoms with Gasteiger partial charge in [-0.2, -0.15) is 5.10 Å². The van der Waals surface area contributed by atoms with Gasteiger partial charge in [-0.3, -0.25) is 14.3 Å². The molecule has 0 bridgehead atoms. The fourth-order valence-corrected chi connectivity index (χ4v) is 3.58. The quantitative estimate of drug-likeness (QED) is 0.928. The molecule has 1 unspecified atom stereocenters. The fraction of sp³-hybridized carbons (Fsp3) is 0.706. The molecule has 126 valence electrons. The molecular weight excluding hydrogens is 292 g/mol. The summed E-state index contributed by atoms with van der Waals surface area (Å²) in [7, 11) is 0. The number of anilines is 1. The third-order valence-electron chi connectivity index (χ3n) is 4.98. The van der Waals surface area contributed by atoms with Crippen LogP contribution in [-0.2, 0) is 9.59 Å². The van der Waals surface area contributed by atoms with E-state index in [0.29, 0.717) is 25.4 Å². The average molecular weight is 318 g/mol. The van der Waals surface area contributed by atoms with Crippen molar-refractivity contribution < 1.29 is 9.59 Å². The molecule has 3 rings (SSSR count). The molecule has 1 aromatic rings. The molecule has 2 aliphatic rings. The van der Waals surface area contributed by atoms with E-state index in [1.807, 2.05) is 29.6 Å². The average Bonchev–Trinajstić information content (AvgIpc) is 3.18. The van der Waals surface area contributed by atoms with E-state index in [-0.39, 0.29) is 23.8 Å². The van der Waals surface area contributed by atoms with Gasteiger partial charge in [0.05, 0.1) is 17.8 Å². The first-order valence-corrected chi connectivity index (χ1v) is 8.69. The Morgan fingerprint density at radius 1 is 1.30 bits per heavy atom. The van der Waals surface area contributed by atoms with Crippen LogP contribution in [0.5, 0.6) is 0 Å². The van der Waals surface area contributed by atoms with Crippen LogP contribution < -0.4 is 5.32 Å². The first-order valence-electron chi connectivity index (χ1n) is 8.69. The van der Waals surface area contributed by atoms with Crippen molar-refractivity contribution in [2.45, 2.75) is 64.5 Å². The van der Waals surface area contributed by atoms with Crippen LogP contribution >= 0.6 is 0 Å². The standard InChI is InChI=1S/C17H26N4O2/c1-12(2)21-11-14(9-18-21)19-17(23)13-7-8-16(22)20(10-13)15-5-3-4-6-15/h9,11-13,15H,3-8,10H2,1-2H3,(H,19,23). The summed E-state index contributed by atoms with van der Waals surface area (Å²) < 4.78 is 1.82. The van der Waals surface area contributed by atoms with Crippen molar-refractivity contribution in [3.8, 4) is 0 Å². The van der Waals surface area contributed by atoms with Gasteiger partial charge in [-0.25, -0.2) is 0 Å². The molecule has 1 aliphatic heterocycles. The van der Waals surface area contributed by atoms with Gasteiger partial charge in [0.15, 0.2) is 0 Å². The number of hydrogen-bond acceptors (Lipinski definition) is 3. The Bertz CT molecular complexity index is 575. The second-order valence-electron chi connectivity index (χ2n) is 7.01. The van der Waals surface area contributed by atoms with E-state index in [1.54, 1.807) is 6.20 Å². The van der Waals surface area contributed by atoms with Gasteiger partial charge in [0, 0.05) is 31.2 Å². The van der Waals surface area contributed by atoms with E-state index in [9.17, 15) is 9.59 Å². The number of nitrogens with one attached hydrogen (secondary N) is 1. The molecule has 0 spiro atoms. The minimum absolute atomic E-state index is 0.00352. The number of carbonyl (C=O) groups is 2. The molecule has 1 N–H and O–H groups in total. The van der Waals surface area contributed by atoms with Crippen LogP contribution in [0.25, 0.3) is 0 Å². The fourth-order valence-electron chi connectivity index (χ4n) is 3.58. The zero-order valence-electron chi connectivity index (χ0n) is 14.0. The van der Waals surface area contributed by atoms with E-state index in [1.165, 1.54) is 12.8 Å². The summed E-state index contributed by atoms with van der Waals surface area (Å²) in [6, 6.07) is 0.618. The number of nitrogens with zero attached hydrogens (tertiary/aromatic N) is 3. The van der Waals surface area contributed by atoms with Gasteiger partial charge < -0.3 is 10.2 Å². The van der Waals surface area contributed by atoms with Crippen LogP contribution in [0.4, 0.5) is 5.69 Å². The van der Waals surface area contributed by atoms with Crippen molar-refractivity contribution in [3.63, 3.8) is 0 Å². The Kier molecular flexibility index (Phi) is 4.68. The first kappa shape index (κ1) is 16.0. The largest absolute Gasteiger partial charge is 0.339 e. The Morgan fingerprint density at radius 2 is 2.04 bits per heavy atom. The number of rotatable bonds is 4. The van der Waals surface area contributed by atoms with Crippen molar-refractivity contribution in [2.75, 3.05) is 11.9 Å². The molecule has 6 nitrogen and oxygen atoms in total. The normalized spacial score (nSPS) is 22.8.